The molecule has 4 aromatic heterocycles. The highest BCUT2D eigenvalue weighted by Crippen LogP contribution is 2.34. The molecule has 308 valence electrons. The molecule has 0 bridgehead atoms. The minimum Gasteiger partial charge on any atom is -0.477 e. The monoisotopic (exact) mass is 1130 g/mol. The summed E-state index contributed by atoms with van der Waals surface area (Å²) in [5, 5.41) is 36.7. The molecule has 0 saturated carbocycles. The minimum atomic E-state index is -1.03. The van der Waals surface area contributed by atoms with E-state index >= 15 is 0 Å². The van der Waals surface area contributed by atoms with Gasteiger partial charge in [-0.1, -0.05) is 46.4 Å². The van der Waals surface area contributed by atoms with Crippen LogP contribution in [0, 0.1) is 21.0 Å². The Labute approximate surface area is 396 Å². The average molecular weight is 1130 g/mol. The van der Waals surface area contributed by atoms with Crippen molar-refractivity contribution in [1.29, 1.82) is 0 Å². The third-order valence-corrected chi connectivity index (χ3v) is 12.3. The van der Waals surface area contributed by atoms with Gasteiger partial charge in [0, 0.05) is 62.9 Å². The number of hydrogen-bond donors (Lipinski definition) is 4. The second kappa shape index (κ2) is 22.0. The van der Waals surface area contributed by atoms with Crippen molar-refractivity contribution in [1.82, 2.24) is 29.5 Å². The molecule has 2 aromatic carbocycles. The molecular weight excluding hydrogens is 1090 g/mol. The van der Waals surface area contributed by atoms with E-state index in [4.69, 9.17) is 46.4 Å². The molecule has 0 aliphatic rings. The normalized spacial score (nSPS) is 11.6. The maximum Gasteiger partial charge on any atom is 0.354 e. The van der Waals surface area contributed by atoms with E-state index in [2.05, 4.69) is 76.0 Å². The number of carboxylic acid groups (broad SMARTS) is 2. The number of aryl methyl sites for hydroxylation is 2. The molecule has 2 atom stereocenters. The van der Waals surface area contributed by atoms with Crippen molar-refractivity contribution in [3.05, 3.63) is 123 Å². The average Bonchev–Trinajstić information content (AvgIpc) is 3.81. The maximum atomic E-state index is 11.9. The summed E-state index contributed by atoms with van der Waals surface area (Å²) in [6.45, 7) is 8.45. The summed E-state index contributed by atoms with van der Waals surface area (Å²) in [7, 11) is 0. The van der Waals surface area contributed by atoms with Gasteiger partial charge in [-0.05, 0) is 133 Å². The molecule has 0 radical (unpaired) electrons. The molecule has 12 nitrogen and oxygen atoms in total. The second-order valence-corrected chi connectivity index (χ2v) is 16.5. The summed E-state index contributed by atoms with van der Waals surface area (Å²) in [4.78, 5) is 32.2. The molecule has 6 rings (SSSR count). The molecular formula is C38H38Cl4I2N8O4S2. The lowest BCUT2D eigenvalue weighted by molar-refractivity contribution is 0.0671. The van der Waals surface area contributed by atoms with Gasteiger partial charge in [0.25, 0.3) is 0 Å². The molecule has 20 heteroatoms. The first-order valence-corrected chi connectivity index (χ1v) is 20.5. The Balaban J connectivity index is 0.000000300. The van der Waals surface area contributed by atoms with Gasteiger partial charge >= 0.3 is 11.9 Å². The van der Waals surface area contributed by atoms with Gasteiger partial charge in [-0.15, -0.1) is 0 Å². The number of carboxylic acids is 2. The predicted octanol–water partition coefficient (Wildman–Crippen LogP) is 11.3. The molecule has 6 aromatic rings. The fourth-order valence-electron chi connectivity index (χ4n) is 5.68. The van der Waals surface area contributed by atoms with Gasteiger partial charge in [0.1, 0.15) is 0 Å². The zero-order valence-electron chi connectivity index (χ0n) is 31.2. The first-order valence-electron chi connectivity index (χ1n) is 16.8. The van der Waals surface area contributed by atoms with Gasteiger partial charge in [-0.2, -0.15) is 37.2 Å². The van der Waals surface area contributed by atoms with Crippen LogP contribution in [-0.2, 0) is 0 Å². The highest BCUT2D eigenvalue weighted by atomic mass is 127. The van der Waals surface area contributed by atoms with Crippen LogP contribution >= 0.6 is 119 Å². The molecule has 58 heavy (non-hydrogen) atoms. The van der Waals surface area contributed by atoms with Crippen molar-refractivity contribution in [2.75, 3.05) is 23.7 Å². The van der Waals surface area contributed by atoms with Crippen LogP contribution in [0.3, 0.4) is 0 Å². The molecule has 4 N–H and O–H groups in total. The van der Waals surface area contributed by atoms with E-state index < -0.39 is 11.9 Å². The Morgan fingerprint density at radius 1 is 0.690 bits per heavy atom. The fraction of sp³-hybridized carbons (Fsp3) is 0.211. The topological polar surface area (TPSA) is 160 Å². The summed E-state index contributed by atoms with van der Waals surface area (Å²) in [6.07, 6.45) is 6.48. The number of nitrogens with zero attached hydrogens (tertiary/aromatic N) is 6. The Kier molecular flexibility index (Phi) is 18.8. The number of aromatic nitrogens is 6. The number of anilines is 2. The molecule has 4 heterocycles. The highest BCUT2D eigenvalue weighted by Gasteiger charge is 2.24. The minimum absolute atomic E-state index is 0. The number of pyridine rings is 2. The number of aromatic carboxylic acids is 2. The van der Waals surface area contributed by atoms with Crippen molar-refractivity contribution >= 4 is 142 Å². The summed E-state index contributed by atoms with van der Waals surface area (Å²) in [6, 6.07) is 13.9. The van der Waals surface area contributed by atoms with Crippen LogP contribution in [0.5, 0.6) is 0 Å². The van der Waals surface area contributed by atoms with Crippen LogP contribution in [0.25, 0.3) is 22.3 Å². The quantitative estimate of drug-likeness (QED) is 0.0528. The molecule has 0 spiro atoms. The van der Waals surface area contributed by atoms with Gasteiger partial charge in [0.05, 0.1) is 48.1 Å². The number of benzene rings is 2. The number of hydrogen-bond acceptors (Lipinski definition) is 8. The number of halogens is 6. The Morgan fingerprint density at radius 2 is 1.14 bits per heavy atom. The lowest BCUT2D eigenvalue weighted by Crippen LogP contribution is -2.21. The van der Waals surface area contributed by atoms with E-state index in [9.17, 15) is 19.8 Å². The lowest BCUT2D eigenvalue weighted by atomic mass is 10.1. The van der Waals surface area contributed by atoms with E-state index in [1.165, 1.54) is 9.36 Å². The van der Waals surface area contributed by atoms with E-state index in [0.717, 1.165) is 41.0 Å². The van der Waals surface area contributed by atoms with Crippen molar-refractivity contribution in [2.45, 2.75) is 39.8 Å². The van der Waals surface area contributed by atoms with Crippen LogP contribution in [0.1, 0.15) is 58.3 Å². The van der Waals surface area contributed by atoms with E-state index in [1.54, 1.807) is 55.1 Å². The van der Waals surface area contributed by atoms with Crippen molar-refractivity contribution in [3.63, 3.8) is 0 Å². The van der Waals surface area contributed by atoms with Gasteiger partial charge in [-0.25, -0.2) is 9.59 Å². The smallest absolute Gasteiger partial charge is 0.354 e. The molecule has 0 amide bonds. The van der Waals surface area contributed by atoms with E-state index in [-0.39, 0.29) is 50.5 Å². The standard InChI is InChI=1S/2C19H17Cl2IN4O2.2H2S/c1-10-5-12(3-4-23-10)13-9-25-26(18(13)19(27)28)11(2)8-24-17-7-15(21)14(20)6-16(17)22;1-10-7-12(5-6-23-10)13-9-25-26(18(13)19(27)28)11(2)8-24-15-4-3-14(20)16(21)17(15)22;;/h2*3-7,9,11,24H,8H2,1-2H3,(H,27,28);2*1H2/t2*11-;;/m00../s1. The maximum absolute atomic E-state index is 11.9. The zero-order chi connectivity index (χ0) is 40.8. The van der Waals surface area contributed by atoms with Crippen LogP contribution < -0.4 is 10.6 Å². The summed E-state index contributed by atoms with van der Waals surface area (Å²) < 4.78 is 4.77. The molecule has 0 unspecified atom stereocenters. The van der Waals surface area contributed by atoms with Crippen LogP contribution in [0.4, 0.5) is 11.4 Å². The molecule has 0 fully saturated rings. The molecule has 0 saturated heterocycles. The Hall–Kier alpha value is -2.98. The third kappa shape index (κ3) is 11.9. The predicted molar refractivity (Wildman–Crippen MR) is 260 cm³/mol. The van der Waals surface area contributed by atoms with Crippen molar-refractivity contribution < 1.29 is 19.8 Å². The van der Waals surface area contributed by atoms with Gasteiger partial charge in [0.2, 0.25) is 0 Å². The van der Waals surface area contributed by atoms with Gasteiger partial charge < -0.3 is 20.8 Å². The van der Waals surface area contributed by atoms with Gasteiger partial charge in [-0.3, -0.25) is 19.3 Å². The summed E-state index contributed by atoms with van der Waals surface area (Å²) in [5.74, 6) is -2.06. The summed E-state index contributed by atoms with van der Waals surface area (Å²) >= 11 is 28.6. The second-order valence-electron chi connectivity index (χ2n) is 12.6. The van der Waals surface area contributed by atoms with Gasteiger partial charge in [0.15, 0.2) is 11.4 Å². The molecule has 0 aliphatic heterocycles. The number of nitrogens with one attached hydrogen (secondary N) is 2. The van der Waals surface area contributed by atoms with E-state index in [1.807, 2.05) is 45.9 Å². The number of carbonyl (C=O) groups is 2. The SMILES string of the molecule is Cc1cc(-c2cnn([C@@H](C)CNc3cc(Cl)c(Cl)cc3I)c2C(=O)O)ccn1.Cc1cc(-c2cnn([C@@H](C)CNc3ccc(Cl)c(Cl)c3I)c2C(=O)O)ccn1.S.S. The van der Waals surface area contributed by atoms with E-state index in [0.29, 0.717) is 44.3 Å². The van der Waals surface area contributed by atoms with Crippen molar-refractivity contribution in [2.24, 2.45) is 0 Å². The van der Waals surface area contributed by atoms with Crippen LogP contribution in [-0.4, -0.2) is 64.8 Å². The summed E-state index contributed by atoms with van der Waals surface area (Å²) in [5.41, 5.74) is 6.24. The van der Waals surface area contributed by atoms with Crippen LogP contribution in [0.15, 0.2) is 73.3 Å². The first-order chi connectivity index (χ1) is 26.6. The first kappa shape index (κ1) is 49.4. The Bertz CT molecular complexity index is 2310. The number of rotatable bonds is 12. The molecule has 0 aliphatic carbocycles. The lowest BCUT2D eigenvalue weighted by Gasteiger charge is -2.17. The van der Waals surface area contributed by atoms with Crippen molar-refractivity contribution in [3.8, 4) is 22.3 Å². The zero-order valence-corrected chi connectivity index (χ0v) is 40.5. The largest absolute Gasteiger partial charge is 0.477 e. The third-order valence-electron chi connectivity index (χ3n) is 8.47. The Morgan fingerprint density at radius 3 is 1.59 bits per heavy atom. The fourth-order valence-corrected chi connectivity index (χ4v) is 7.99. The highest BCUT2D eigenvalue weighted by molar-refractivity contribution is 14.1. The van der Waals surface area contributed by atoms with Crippen LogP contribution in [0.2, 0.25) is 20.1 Å².